The molecule has 27 heavy (non-hydrogen) atoms. The molecule has 3 rings (SSSR count). The number of benzene rings is 1. The number of allylic oxidation sites excluding steroid dienone is 1. The first kappa shape index (κ1) is 20.4. The number of hydrogen-bond donors (Lipinski definition) is 1. The lowest BCUT2D eigenvalue weighted by Gasteiger charge is -2.29. The molecule has 148 valence electrons. The minimum Gasteiger partial charge on any atom is -0.333 e. The van der Waals surface area contributed by atoms with Gasteiger partial charge in [0.1, 0.15) is 5.82 Å². The molecule has 1 amide bonds. The summed E-state index contributed by atoms with van der Waals surface area (Å²) in [7, 11) is 0. The van der Waals surface area contributed by atoms with E-state index in [0.717, 1.165) is 49.1 Å². The topological polar surface area (TPSA) is 32.3 Å². The largest absolute Gasteiger partial charge is 0.333 e. The van der Waals surface area contributed by atoms with Crippen molar-refractivity contribution in [3.8, 4) is 0 Å². The molecule has 1 N–H and O–H groups in total. The maximum Gasteiger partial charge on any atom is 0.227 e. The Balaban J connectivity index is 1.33. The Morgan fingerprint density at radius 3 is 2.56 bits per heavy atom. The van der Waals surface area contributed by atoms with Crippen LogP contribution in [-0.2, 0) is 4.79 Å². The molecule has 3 nitrogen and oxygen atoms in total. The second kappa shape index (κ2) is 10.3. The number of piperidine rings is 1. The highest BCUT2D eigenvalue weighted by Crippen LogP contribution is 2.35. The van der Waals surface area contributed by atoms with Gasteiger partial charge in [0, 0.05) is 23.9 Å². The molecule has 1 saturated carbocycles. The zero-order chi connectivity index (χ0) is 19.1. The van der Waals surface area contributed by atoms with Gasteiger partial charge in [-0.05, 0) is 86.4 Å². The average molecular weight is 391 g/mol. The molecule has 1 aromatic rings. The van der Waals surface area contributed by atoms with Gasteiger partial charge in [-0.1, -0.05) is 25.8 Å². The molecule has 1 aliphatic heterocycles. The van der Waals surface area contributed by atoms with Gasteiger partial charge in [-0.2, -0.15) is 0 Å². The van der Waals surface area contributed by atoms with Crippen LogP contribution in [0.2, 0.25) is 0 Å². The zero-order valence-corrected chi connectivity index (χ0v) is 17.0. The Kier molecular flexibility index (Phi) is 7.77. The molecule has 0 bridgehead atoms. The molecule has 1 heterocycles. The molecule has 2 atom stereocenters. The minimum atomic E-state index is -0.208. The standard InChI is InChI=1S/C22H31FN2OS/c1-2-17-5-6-18(16-17)4-3-13-24-22(26)19-11-14-25(15-12-19)27-21-9-7-20(23)8-10-21/h3,7-10,13,17-19H,2,4-6,11-12,14-16H2,1H3,(H,24,26)/b13-3-. The number of carbonyl (C=O) groups is 1. The van der Waals surface area contributed by atoms with Crippen LogP contribution in [0.4, 0.5) is 4.39 Å². The number of hydrogen-bond acceptors (Lipinski definition) is 3. The Morgan fingerprint density at radius 1 is 1.19 bits per heavy atom. The SMILES string of the molecule is CCC1CCC(C/C=C\NC(=O)C2CCN(Sc3ccc(F)cc3)CC2)C1. The highest BCUT2D eigenvalue weighted by atomic mass is 32.2. The lowest BCUT2D eigenvalue weighted by atomic mass is 9.97. The minimum absolute atomic E-state index is 0.0932. The summed E-state index contributed by atoms with van der Waals surface area (Å²) in [6.07, 6.45) is 12.2. The van der Waals surface area contributed by atoms with E-state index in [-0.39, 0.29) is 17.6 Å². The van der Waals surface area contributed by atoms with E-state index in [9.17, 15) is 9.18 Å². The highest BCUT2D eigenvalue weighted by molar-refractivity contribution is 7.97. The molecule has 0 spiro atoms. The van der Waals surface area contributed by atoms with Crippen molar-refractivity contribution in [3.63, 3.8) is 0 Å². The average Bonchev–Trinajstić information content (AvgIpc) is 3.15. The third kappa shape index (κ3) is 6.35. The molecule has 2 fully saturated rings. The Morgan fingerprint density at radius 2 is 1.89 bits per heavy atom. The van der Waals surface area contributed by atoms with Crippen LogP contribution >= 0.6 is 11.9 Å². The van der Waals surface area contributed by atoms with Gasteiger partial charge in [-0.3, -0.25) is 4.79 Å². The molecule has 0 radical (unpaired) electrons. The zero-order valence-electron chi connectivity index (χ0n) is 16.2. The van der Waals surface area contributed by atoms with Crippen molar-refractivity contribution in [1.29, 1.82) is 0 Å². The van der Waals surface area contributed by atoms with Gasteiger partial charge >= 0.3 is 0 Å². The van der Waals surface area contributed by atoms with Gasteiger partial charge < -0.3 is 5.32 Å². The van der Waals surface area contributed by atoms with E-state index in [1.165, 1.54) is 37.8 Å². The van der Waals surface area contributed by atoms with Crippen molar-refractivity contribution in [1.82, 2.24) is 9.62 Å². The van der Waals surface area contributed by atoms with E-state index in [2.05, 4.69) is 22.6 Å². The lowest BCUT2D eigenvalue weighted by Crippen LogP contribution is -2.36. The van der Waals surface area contributed by atoms with Gasteiger partial charge in [0.2, 0.25) is 5.91 Å². The van der Waals surface area contributed by atoms with E-state index in [4.69, 9.17) is 0 Å². The molecule has 5 heteroatoms. The van der Waals surface area contributed by atoms with Crippen LogP contribution in [0.15, 0.2) is 41.4 Å². The fourth-order valence-corrected chi connectivity index (χ4v) is 5.09. The quantitative estimate of drug-likeness (QED) is 0.634. The van der Waals surface area contributed by atoms with Gasteiger partial charge in [-0.25, -0.2) is 8.70 Å². The van der Waals surface area contributed by atoms with Crippen molar-refractivity contribution in [2.24, 2.45) is 17.8 Å². The molecule has 1 aromatic carbocycles. The van der Waals surface area contributed by atoms with E-state index >= 15 is 0 Å². The predicted octanol–water partition coefficient (Wildman–Crippen LogP) is 5.39. The number of rotatable bonds is 7. The Bertz CT molecular complexity index is 626. The van der Waals surface area contributed by atoms with Crippen LogP contribution in [0.5, 0.6) is 0 Å². The third-order valence-corrected chi connectivity index (χ3v) is 7.02. The highest BCUT2D eigenvalue weighted by Gasteiger charge is 2.25. The summed E-state index contributed by atoms with van der Waals surface area (Å²) in [6.45, 7) is 4.04. The lowest BCUT2D eigenvalue weighted by molar-refractivity contribution is -0.125. The van der Waals surface area contributed by atoms with Gasteiger partial charge in [0.05, 0.1) is 0 Å². The van der Waals surface area contributed by atoms with E-state index in [1.54, 1.807) is 24.1 Å². The molecular formula is C22H31FN2OS. The van der Waals surface area contributed by atoms with Crippen LogP contribution < -0.4 is 5.32 Å². The van der Waals surface area contributed by atoms with Crippen molar-refractivity contribution >= 4 is 17.9 Å². The summed E-state index contributed by atoms with van der Waals surface area (Å²) in [5.74, 6) is 1.75. The second-order valence-corrected chi connectivity index (χ2v) is 9.02. The van der Waals surface area contributed by atoms with Crippen LogP contribution in [0.1, 0.15) is 51.9 Å². The fraction of sp³-hybridized carbons (Fsp3) is 0.591. The van der Waals surface area contributed by atoms with Crippen LogP contribution in [-0.4, -0.2) is 23.3 Å². The molecular weight excluding hydrogens is 359 g/mol. The summed E-state index contributed by atoms with van der Waals surface area (Å²) in [5.41, 5.74) is 0. The fourth-order valence-electron chi connectivity index (χ4n) is 4.14. The summed E-state index contributed by atoms with van der Waals surface area (Å²) >= 11 is 1.65. The monoisotopic (exact) mass is 390 g/mol. The number of nitrogens with zero attached hydrogens (tertiary/aromatic N) is 1. The van der Waals surface area contributed by atoms with Crippen molar-refractivity contribution < 1.29 is 9.18 Å². The Hall–Kier alpha value is -1.33. The summed E-state index contributed by atoms with van der Waals surface area (Å²) in [5, 5.41) is 2.99. The van der Waals surface area contributed by atoms with Crippen LogP contribution in [0.3, 0.4) is 0 Å². The van der Waals surface area contributed by atoms with E-state index in [0.29, 0.717) is 0 Å². The first-order chi connectivity index (χ1) is 13.1. The maximum absolute atomic E-state index is 13.0. The normalized spacial score (nSPS) is 24.5. The maximum atomic E-state index is 13.0. The first-order valence-electron chi connectivity index (χ1n) is 10.3. The summed E-state index contributed by atoms with van der Waals surface area (Å²) in [4.78, 5) is 13.4. The van der Waals surface area contributed by atoms with Crippen molar-refractivity contribution in [2.75, 3.05) is 13.1 Å². The van der Waals surface area contributed by atoms with E-state index < -0.39 is 0 Å². The molecule has 2 aliphatic rings. The summed E-state index contributed by atoms with van der Waals surface area (Å²) < 4.78 is 15.2. The number of halogens is 1. The number of nitrogens with one attached hydrogen (secondary N) is 1. The van der Waals surface area contributed by atoms with Gasteiger partial charge in [-0.15, -0.1) is 0 Å². The third-order valence-electron chi connectivity index (χ3n) is 5.91. The van der Waals surface area contributed by atoms with Crippen molar-refractivity contribution in [2.45, 2.75) is 56.8 Å². The van der Waals surface area contributed by atoms with Crippen LogP contribution in [0, 0.1) is 23.6 Å². The van der Waals surface area contributed by atoms with Gasteiger partial charge in [0.25, 0.3) is 0 Å². The summed E-state index contributed by atoms with van der Waals surface area (Å²) in [6, 6.07) is 6.58. The van der Waals surface area contributed by atoms with Crippen LogP contribution in [0.25, 0.3) is 0 Å². The number of amides is 1. The second-order valence-electron chi connectivity index (χ2n) is 7.85. The number of carbonyl (C=O) groups excluding carboxylic acids is 1. The Labute approximate surface area is 166 Å². The molecule has 2 unspecified atom stereocenters. The predicted molar refractivity (Wildman–Crippen MR) is 110 cm³/mol. The molecule has 0 aromatic heterocycles. The van der Waals surface area contributed by atoms with E-state index in [1.807, 2.05) is 6.20 Å². The molecule has 1 aliphatic carbocycles. The first-order valence-corrected chi connectivity index (χ1v) is 11.0. The molecule has 1 saturated heterocycles. The smallest absolute Gasteiger partial charge is 0.227 e. The van der Waals surface area contributed by atoms with Crippen molar-refractivity contribution in [3.05, 3.63) is 42.4 Å². The van der Waals surface area contributed by atoms with Gasteiger partial charge in [0.15, 0.2) is 0 Å².